The second-order valence-electron chi connectivity index (χ2n) is 6.42. The minimum atomic E-state index is -5.00. The van der Waals surface area contributed by atoms with Crippen molar-refractivity contribution in [1.29, 1.82) is 0 Å². The van der Waals surface area contributed by atoms with Crippen molar-refractivity contribution in [1.82, 2.24) is 0 Å². The third-order valence-electron chi connectivity index (χ3n) is 4.58. The van der Waals surface area contributed by atoms with Crippen molar-refractivity contribution in [3.8, 4) is 0 Å². The molecule has 0 fully saturated rings. The molecule has 144 valence electrons. The monoisotopic (exact) mass is 380 g/mol. The van der Waals surface area contributed by atoms with Crippen LogP contribution >= 0.6 is 0 Å². The normalized spacial score (nSPS) is 16.7. The van der Waals surface area contributed by atoms with E-state index in [9.17, 15) is 35.1 Å². The number of benzene rings is 1. The summed E-state index contributed by atoms with van der Waals surface area (Å²) < 4.78 is 108. The van der Waals surface area contributed by atoms with Gasteiger partial charge in [0.05, 0.1) is 5.41 Å². The highest BCUT2D eigenvalue weighted by Crippen LogP contribution is 2.51. The first kappa shape index (κ1) is 21.6. The molecule has 0 aliphatic heterocycles. The number of rotatable bonds is 5. The van der Waals surface area contributed by atoms with Gasteiger partial charge >= 0.3 is 6.18 Å². The number of halogens is 8. The van der Waals surface area contributed by atoms with Gasteiger partial charge in [-0.25, -0.2) is 26.8 Å². The maximum absolute atomic E-state index is 14.0. The molecule has 0 bridgehead atoms. The Morgan fingerprint density at radius 3 is 1.48 bits per heavy atom. The second kappa shape index (κ2) is 6.71. The van der Waals surface area contributed by atoms with Crippen molar-refractivity contribution >= 4 is 0 Å². The molecule has 25 heavy (non-hydrogen) atoms. The van der Waals surface area contributed by atoms with E-state index in [4.69, 9.17) is 5.26 Å². The molecule has 2 nitrogen and oxygen atoms in total. The van der Waals surface area contributed by atoms with Crippen LogP contribution in [0.2, 0.25) is 0 Å². The van der Waals surface area contributed by atoms with E-state index >= 15 is 0 Å². The van der Waals surface area contributed by atoms with E-state index in [1.54, 1.807) is 0 Å². The second-order valence-corrected chi connectivity index (χ2v) is 6.42. The zero-order valence-corrected chi connectivity index (χ0v) is 13.7. The van der Waals surface area contributed by atoms with Crippen LogP contribution in [0.5, 0.6) is 0 Å². The molecule has 0 saturated heterocycles. The van der Waals surface area contributed by atoms with Gasteiger partial charge in [-0.1, -0.05) is 20.8 Å². The average molecular weight is 380 g/mol. The summed E-state index contributed by atoms with van der Waals surface area (Å²) in [5, 5.41) is 9.02. The smallest absolute Gasteiger partial charge is 0.251 e. The quantitative estimate of drug-likeness (QED) is 0.240. The summed E-state index contributed by atoms with van der Waals surface area (Å²) >= 11 is 0. The van der Waals surface area contributed by atoms with Crippen LogP contribution < -0.4 is 0 Å². The van der Waals surface area contributed by atoms with Gasteiger partial charge in [-0.3, -0.25) is 5.26 Å². The Hall–Kier alpha value is -1.42. The summed E-state index contributed by atoms with van der Waals surface area (Å²) in [7, 11) is 0. The van der Waals surface area contributed by atoms with E-state index in [1.165, 1.54) is 0 Å². The number of hydrogen-bond acceptors (Lipinski definition) is 2. The zero-order valence-electron chi connectivity index (χ0n) is 13.7. The summed E-state index contributed by atoms with van der Waals surface area (Å²) in [6.07, 6.45) is -8.06. The van der Waals surface area contributed by atoms with Gasteiger partial charge in [-0.05, 0) is 13.3 Å². The Labute approximate surface area is 138 Å². The predicted octanol–water partition coefficient (Wildman–Crippen LogP) is 5.50. The molecule has 0 aliphatic carbocycles. The molecule has 0 aliphatic rings. The first-order chi connectivity index (χ1) is 11.2. The summed E-state index contributed by atoms with van der Waals surface area (Å²) in [5.74, 6) is -11.6. The number of hydrogen-bond donors (Lipinski definition) is 1. The van der Waals surface area contributed by atoms with Crippen LogP contribution in [-0.2, 0) is 10.3 Å². The van der Waals surface area contributed by atoms with Gasteiger partial charge in [0.2, 0.25) is 5.82 Å². The third-order valence-corrected chi connectivity index (χ3v) is 4.58. The lowest BCUT2D eigenvalue weighted by Crippen LogP contribution is -2.54. The highest BCUT2D eigenvalue weighted by atomic mass is 19.4. The molecule has 1 aromatic carbocycles. The van der Waals surface area contributed by atoms with E-state index in [0.717, 1.165) is 20.8 Å². The molecule has 1 N–H and O–H groups in total. The van der Waals surface area contributed by atoms with E-state index in [0.29, 0.717) is 6.92 Å². The van der Waals surface area contributed by atoms with Gasteiger partial charge < -0.3 is 0 Å². The number of alkyl halides is 3. The van der Waals surface area contributed by atoms with Crippen molar-refractivity contribution in [2.45, 2.75) is 51.8 Å². The lowest BCUT2D eigenvalue weighted by Gasteiger charge is -2.44. The fourth-order valence-electron chi connectivity index (χ4n) is 2.88. The van der Waals surface area contributed by atoms with Crippen LogP contribution in [0.1, 0.15) is 39.7 Å². The summed E-state index contributed by atoms with van der Waals surface area (Å²) in [6.45, 7) is 3.26. The molecule has 0 aromatic heterocycles. The maximum atomic E-state index is 14.0. The fraction of sp³-hybridized carbons (Fsp3) is 0.600. The Bertz CT molecular complexity index is 627. The van der Waals surface area contributed by atoms with Gasteiger partial charge in [0.1, 0.15) is 6.10 Å². The standard InChI is InChI=1S/C15H16F8O2/c1-5-14(4,15(21,22)23)12(25-24)13(2,3)6-7(16)9(18)11(20)10(19)8(6)17/h12,24H,5H2,1-4H3. The van der Waals surface area contributed by atoms with Gasteiger partial charge in [0.15, 0.2) is 23.3 Å². The van der Waals surface area contributed by atoms with E-state index < -0.39 is 64.2 Å². The Balaban J connectivity index is 3.76. The SMILES string of the molecule is CCC(C)(C(OO)C(C)(C)c1c(F)c(F)c(F)c(F)c1F)C(F)(F)F. The molecular weight excluding hydrogens is 364 g/mol. The molecule has 2 unspecified atom stereocenters. The lowest BCUT2D eigenvalue weighted by molar-refractivity contribution is -0.360. The Kier molecular flexibility index (Phi) is 5.81. The van der Waals surface area contributed by atoms with E-state index in [2.05, 4.69) is 4.89 Å². The predicted molar refractivity (Wildman–Crippen MR) is 71.2 cm³/mol. The van der Waals surface area contributed by atoms with Crippen molar-refractivity contribution in [2.75, 3.05) is 0 Å². The molecule has 0 radical (unpaired) electrons. The molecule has 10 heteroatoms. The average Bonchev–Trinajstić information content (AvgIpc) is 2.49. The minimum absolute atomic E-state index is 0.613. The zero-order chi connectivity index (χ0) is 20.0. The lowest BCUT2D eigenvalue weighted by atomic mass is 9.66. The van der Waals surface area contributed by atoms with Crippen molar-refractivity contribution < 1.29 is 45.3 Å². The van der Waals surface area contributed by atoms with Crippen LogP contribution in [0.3, 0.4) is 0 Å². The van der Waals surface area contributed by atoms with Gasteiger partial charge in [-0.2, -0.15) is 13.2 Å². The maximum Gasteiger partial charge on any atom is 0.396 e. The summed E-state index contributed by atoms with van der Waals surface area (Å²) in [6, 6.07) is 0. The molecule has 0 amide bonds. The summed E-state index contributed by atoms with van der Waals surface area (Å²) in [4.78, 5) is 3.88. The van der Waals surface area contributed by atoms with E-state index in [1.807, 2.05) is 0 Å². The largest absolute Gasteiger partial charge is 0.396 e. The molecular formula is C15H16F8O2. The minimum Gasteiger partial charge on any atom is -0.251 e. The topological polar surface area (TPSA) is 29.5 Å². The van der Waals surface area contributed by atoms with Crippen molar-refractivity contribution in [2.24, 2.45) is 5.41 Å². The highest BCUT2D eigenvalue weighted by Gasteiger charge is 2.61. The van der Waals surface area contributed by atoms with Crippen molar-refractivity contribution in [3.05, 3.63) is 34.6 Å². The highest BCUT2D eigenvalue weighted by molar-refractivity contribution is 5.32. The first-order valence-electron chi connectivity index (χ1n) is 7.07. The first-order valence-corrected chi connectivity index (χ1v) is 7.07. The Morgan fingerprint density at radius 1 is 0.840 bits per heavy atom. The fourth-order valence-corrected chi connectivity index (χ4v) is 2.88. The van der Waals surface area contributed by atoms with Crippen LogP contribution in [0.4, 0.5) is 35.1 Å². The molecule has 0 heterocycles. The van der Waals surface area contributed by atoms with Gasteiger partial charge in [0.25, 0.3) is 0 Å². The van der Waals surface area contributed by atoms with Crippen LogP contribution in [-0.4, -0.2) is 17.5 Å². The van der Waals surface area contributed by atoms with E-state index in [-0.39, 0.29) is 0 Å². The Morgan fingerprint density at radius 2 is 1.20 bits per heavy atom. The van der Waals surface area contributed by atoms with Gasteiger partial charge in [-0.15, -0.1) is 0 Å². The molecule has 0 spiro atoms. The molecule has 1 rings (SSSR count). The van der Waals surface area contributed by atoms with Crippen LogP contribution in [0.15, 0.2) is 0 Å². The third kappa shape index (κ3) is 3.21. The van der Waals surface area contributed by atoms with Crippen LogP contribution in [0.25, 0.3) is 0 Å². The summed E-state index contributed by atoms with van der Waals surface area (Å²) in [5.41, 5.74) is -6.78. The molecule has 0 saturated carbocycles. The van der Waals surface area contributed by atoms with Gasteiger partial charge in [0, 0.05) is 11.0 Å². The molecule has 1 aromatic rings. The molecule has 2 atom stereocenters. The van der Waals surface area contributed by atoms with Crippen LogP contribution in [0, 0.1) is 34.5 Å². The van der Waals surface area contributed by atoms with Crippen molar-refractivity contribution in [3.63, 3.8) is 0 Å².